The van der Waals surface area contributed by atoms with Gasteiger partial charge in [0.15, 0.2) is 9.84 Å². The number of nitrogens with two attached hydrogens (primary N) is 1. The van der Waals surface area contributed by atoms with Crippen LogP contribution in [0.15, 0.2) is 0 Å². The molecule has 0 aromatic rings. The standard InChI is InChI=1S/C10H21N3O5S2/c1-9(20(17,18)8-3-11)10(14)12-4-6-13(7-5-12)19(2,15)16/h9H,3-8,11H2,1-2H3. The van der Waals surface area contributed by atoms with Gasteiger partial charge in [-0.1, -0.05) is 0 Å². The molecule has 8 nitrogen and oxygen atoms in total. The zero-order valence-electron chi connectivity index (χ0n) is 11.6. The molecule has 118 valence electrons. The van der Waals surface area contributed by atoms with Crippen LogP contribution in [0.4, 0.5) is 0 Å². The van der Waals surface area contributed by atoms with Crippen molar-refractivity contribution in [2.24, 2.45) is 5.73 Å². The van der Waals surface area contributed by atoms with Crippen LogP contribution in [0.2, 0.25) is 0 Å². The molecule has 0 aromatic carbocycles. The highest BCUT2D eigenvalue weighted by molar-refractivity contribution is 7.92. The van der Waals surface area contributed by atoms with Crippen LogP contribution in [0.3, 0.4) is 0 Å². The second-order valence-electron chi connectivity index (χ2n) is 4.79. The fourth-order valence-electron chi connectivity index (χ4n) is 1.99. The molecule has 1 fully saturated rings. The Labute approximate surface area is 119 Å². The highest BCUT2D eigenvalue weighted by Crippen LogP contribution is 2.11. The zero-order valence-corrected chi connectivity index (χ0v) is 13.3. The van der Waals surface area contributed by atoms with Crippen molar-refractivity contribution in [2.45, 2.75) is 12.2 Å². The summed E-state index contributed by atoms with van der Waals surface area (Å²) in [7, 11) is -6.82. The fraction of sp³-hybridized carbons (Fsp3) is 0.900. The topological polar surface area (TPSA) is 118 Å². The van der Waals surface area contributed by atoms with Crippen LogP contribution < -0.4 is 5.73 Å². The number of hydrogen-bond acceptors (Lipinski definition) is 6. The number of rotatable bonds is 5. The van der Waals surface area contributed by atoms with Crippen LogP contribution in [0, 0.1) is 0 Å². The molecule has 1 heterocycles. The van der Waals surface area contributed by atoms with Gasteiger partial charge < -0.3 is 10.6 Å². The van der Waals surface area contributed by atoms with E-state index < -0.39 is 31.0 Å². The molecule has 0 aromatic heterocycles. The molecule has 0 bridgehead atoms. The van der Waals surface area contributed by atoms with Gasteiger partial charge in [-0.3, -0.25) is 4.79 Å². The van der Waals surface area contributed by atoms with Gasteiger partial charge in [-0.05, 0) is 6.92 Å². The molecule has 1 atom stereocenters. The molecular weight excluding hydrogens is 306 g/mol. The Morgan fingerprint density at radius 2 is 1.65 bits per heavy atom. The van der Waals surface area contributed by atoms with E-state index in [-0.39, 0.29) is 38.5 Å². The number of sulfonamides is 1. The van der Waals surface area contributed by atoms with Crippen molar-refractivity contribution in [3.05, 3.63) is 0 Å². The average Bonchev–Trinajstić information content (AvgIpc) is 2.36. The third kappa shape index (κ3) is 4.14. The van der Waals surface area contributed by atoms with Crippen LogP contribution >= 0.6 is 0 Å². The molecule has 1 aliphatic heterocycles. The molecule has 1 amide bonds. The summed E-state index contributed by atoms with van der Waals surface area (Å²) >= 11 is 0. The zero-order chi connectivity index (χ0) is 15.6. The monoisotopic (exact) mass is 327 g/mol. The van der Waals surface area contributed by atoms with Gasteiger partial charge in [0, 0.05) is 32.7 Å². The first-order valence-electron chi connectivity index (χ1n) is 6.25. The molecule has 0 spiro atoms. The van der Waals surface area contributed by atoms with Crippen LogP contribution in [0.25, 0.3) is 0 Å². The summed E-state index contributed by atoms with van der Waals surface area (Å²) in [6.45, 7) is 2.10. The van der Waals surface area contributed by atoms with Gasteiger partial charge in [-0.15, -0.1) is 0 Å². The maximum Gasteiger partial charge on any atom is 0.240 e. The summed E-state index contributed by atoms with van der Waals surface area (Å²) in [5.74, 6) is -0.727. The highest BCUT2D eigenvalue weighted by Gasteiger charge is 2.33. The van der Waals surface area contributed by atoms with Gasteiger partial charge in [0.05, 0.1) is 12.0 Å². The number of carbonyl (C=O) groups is 1. The summed E-state index contributed by atoms with van der Waals surface area (Å²) in [5.41, 5.74) is 5.22. The van der Waals surface area contributed by atoms with E-state index in [2.05, 4.69) is 0 Å². The second kappa shape index (κ2) is 6.37. The minimum absolute atomic E-state index is 0.0260. The van der Waals surface area contributed by atoms with Crippen LogP contribution in [-0.4, -0.2) is 81.9 Å². The van der Waals surface area contributed by atoms with Gasteiger partial charge in [-0.25, -0.2) is 16.8 Å². The van der Waals surface area contributed by atoms with Crippen LogP contribution in [0.1, 0.15) is 6.92 Å². The summed E-state index contributed by atoms with van der Waals surface area (Å²) in [6.07, 6.45) is 1.11. The molecule has 1 rings (SSSR count). The van der Waals surface area contributed by atoms with E-state index in [0.29, 0.717) is 0 Å². The highest BCUT2D eigenvalue weighted by atomic mass is 32.2. The lowest BCUT2D eigenvalue weighted by Crippen LogP contribution is -2.53. The number of sulfone groups is 1. The van der Waals surface area contributed by atoms with E-state index in [1.165, 1.54) is 16.1 Å². The largest absolute Gasteiger partial charge is 0.339 e. The summed E-state index contributed by atoms with van der Waals surface area (Å²) in [5, 5.41) is -1.14. The Kier molecular flexibility index (Phi) is 5.53. The van der Waals surface area contributed by atoms with Gasteiger partial charge in [0.25, 0.3) is 0 Å². The second-order valence-corrected chi connectivity index (χ2v) is 9.21. The molecule has 0 radical (unpaired) electrons. The summed E-state index contributed by atoms with van der Waals surface area (Å²) in [4.78, 5) is 13.5. The third-order valence-corrected chi connectivity index (χ3v) is 6.70. The molecule has 1 unspecified atom stereocenters. The number of amides is 1. The maximum atomic E-state index is 12.1. The number of carbonyl (C=O) groups excluding carboxylic acids is 1. The lowest BCUT2D eigenvalue weighted by Gasteiger charge is -2.34. The third-order valence-electron chi connectivity index (χ3n) is 3.31. The van der Waals surface area contributed by atoms with E-state index in [4.69, 9.17) is 5.73 Å². The van der Waals surface area contributed by atoms with E-state index in [0.717, 1.165) is 6.26 Å². The first kappa shape index (κ1) is 17.3. The van der Waals surface area contributed by atoms with Crippen molar-refractivity contribution >= 4 is 25.8 Å². The normalized spacial score (nSPS) is 19.9. The lowest BCUT2D eigenvalue weighted by atomic mass is 10.3. The van der Waals surface area contributed by atoms with Crippen molar-refractivity contribution in [3.63, 3.8) is 0 Å². The van der Waals surface area contributed by atoms with Gasteiger partial charge in [-0.2, -0.15) is 4.31 Å². The number of hydrogen-bond donors (Lipinski definition) is 1. The molecule has 2 N–H and O–H groups in total. The maximum absolute atomic E-state index is 12.1. The van der Waals surface area contributed by atoms with Gasteiger partial charge in [0.1, 0.15) is 5.25 Å². The van der Waals surface area contributed by atoms with Crippen molar-refractivity contribution in [1.29, 1.82) is 0 Å². The van der Waals surface area contributed by atoms with Crippen molar-refractivity contribution < 1.29 is 21.6 Å². The molecular formula is C10H21N3O5S2. The van der Waals surface area contributed by atoms with Crippen molar-refractivity contribution in [2.75, 3.05) is 44.7 Å². The molecule has 10 heteroatoms. The van der Waals surface area contributed by atoms with E-state index >= 15 is 0 Å². The first-order valence-corrected chi connectivity index (χ1v) is 9.81. The Bertz CT molecular complexity index is 549. The van der Waals surface area contributed by atoms with E-state index in [9.17, 15) is 21.6 Å². The number of nitrogens with zero attached hydrogens (tertiary/aromatic N) is 2. The van der Waals surface area contributed by atoms with Crippen LogP contribution in [0.5, 0.6) is 0 Å². The first-order chi connectivity index (χ1) is 9.09. The lowest BCUT2D eigenvalue weighted by molar-refractivity contribution is -0.131. The predicted octanol–water partition coefficient (Wildman–Crippen LogP) is -2.15. The van der Waals surface area contributed by atoms with Crippen molar-refractivity contribution in [1.82, 2.24) is 9.21 Å². The SMILES string of the molecule is CC(C(=O)N1CCN(S(C)(=O)=O)CC1)S(=O)(=O)CCN. The van der Waals surface area contributed by atoms with Crippen molar-refractivity contribution in [3.8, 4) is 0 Å². The molecule has 0 aliphatic carbocycles. The smallest absolute Gasteiger partial charge is 0.240 e. The fourth-order valence-corrected chi connectivity index (χ4v) is 3.96. The van der Waals surface area contributed by atoms with Gasteiger partial charge in [0.2, 0.25) is 15.9 Å². The molecule has 1 saturated heterocycles. The summed E-state index contributed by atoms with van der Waals surface area (Å²) in [6, 6.07) is 0. The Morgan fingerprint density at radius 3 is 2.05 bits per heavy atom. The Balaban J connectivity index is 2.68. The van der Waals surface area contributed by atoms with Crippen LogP contribution in [-0.2, 0) is 24.7 Å². The Hall–Kier alpha value is -0.710. The molecule has 20 heavy (non-hydrogen) atoms. The molecule has 0 saturated carbocycles. The quantitative estimate of drug-likeness (QED) is 0.615. The molecule has 1 aliphatic rings. The minimum atomic E-state index is -3.55. The summed E-state index contributed by atoms with van der Waals surface area (Å²) < 4.78 is 47.6. The van der Waals surface area contributed by atoms with E-state index in [1.54, 1.807) is 0 Å². The van der Waals surface area contributed by atoms with E-state index in [1.807, 2.05) is 0 Å². The average molecular weight is 327 g/mol. The minimum Gasteiger partial charge on any atom is -0.339 e. The predicted molar refractivity (Wildman–Crippen MR) is 75.3 cm³/mol. The van der Waals surface area contributed by atoms with Gasteiger partial charge >= 0.3 is 0 Å². The Morgan fingerprint density at radius 1 is 1.15 bits per heavy atom. The number of piperazine rings is 1.